The normalized spacial score (nSPS) is 13.9. The second-order valence-electron chi connectivity index (χ2n) is 11.2. The number of hydrogen-bond donors (Lipinski definition) is 1. The second kappa shape index (κ2) is 23.9. The number of carbonyl (C=O) groups excluding carboxylic acids is 1. The molecule has 0 saturated heterocycles. The molecule has 0 amide bonds. The van der Waals surface area contributed by atoms with Gasteiger partial charge in [0.15, 0.2) is 0 Å². The molecule has 0 heterocycles. The van der Waals surface area contributed by atoms with Crippen LogP contribution in [0.5, 0.6) is 0 Å². The van der Waals surface area contributed by atoms with Crippen molar-refractivity contribution in [1.82, 2.24) is 0 Å². The SMILES string of the molecule is CCCCCCC[C@H](O)CCCCCCCCOC(=O)C[C@@H](C)CCC[C@@H](C)CCC=C(C)C. The summed E-state index contributed by atoms with van der Waals surface area (Å²) in [7, 11) is 0. The van der Waals surface area contributed by atoms with Crippen molar-refractivity contribution in [2.75, 3.05) is 6.61 Å². The molecule has 0 rings (SSSR count). The predicted molar refractivity (Wildman–Crippen MR) is 148 cm³/mol. The van der Waals surface area contributed by atoms with Crippen LogP contribution in [0, 0.1) is 11.8 Å². The van der Waals surface area contributed by atoms with Crippen molar-refractivity contribution >= 4 is 5.97 Å². The summed E-state index contributed by atoms with van der Waals surface area (Å²) >= 11 is 0. The molecule has 0 fully saturated rings. The average Bonchev–Trinajstić information content (AvgIpc) is 2.77. The van der Waals surface area contributed by atoms with Crippen LogP contribution in [0.2, 0.25) is 0 Å². The Kier molecular flexibility index (Phi) is 23.3. The third kappa shape index (κ3) is 24.3. The molecular weight excluding hydrogens is 420 g/mol. The number of aliphatic hydroxyl groups is 1. The Bertz CT molecular complexity index is 481. The molecule has 0 aliphatic carbocycles. The van der Waals surface area contributed by atoms with Gasteiger partial charge in [0.05, 0.1) is 12.7 Å². The lowest BCUT2D eigenvalue weighted by atomic mass is 9.94. The summed E-state index contributed by atoms with van der Waals surface area (Å²) in [6.07, 6.45) is 24.0. The minimum atomic E-state index is -0.0978. The lowest BCUT2D eigenvalue weighted by Crippen LogP contribution is -2.11. The molecule has 0 aromatic rings. The molecule has 0 aromatic heterocycles. The van der Waals surface area contributed by atoms with Gasteiger partial charge in [0.25, 0.3) is 0 Å². The maximum Gasteiger partial charge on any atom is 0.306 e. The first kappa shape index (κ1) is 33.2. The van der Waals surface area contributed by atoms with Gasteiger partial charge in [-0.25, -0.2) is 0 Å². The molecule has 1 N–H and O–H groups in total. The highest BCUT2D eigenvalue weighted by molar-refractivity contribution is 5.69. The fourth-order valence-corrected chi connectivity index (χ4v) is 4.56. The second-order valence-corrected chi connectivity index (χ2v) is 11.2. The summed E-state index contributed by atoms with van der Waals surface area (Å²) in [6.45, 7) is 11.7. The monoisotopic (exact) mass is 480 g/mol. The van der Waals surface area contributed by atoms with E-state index in [1.54, 1.807) is 0 Å². The van der Waals surface area contributed by atoms with Crippen molar-refractivity contribution in [3.63, 3.8) is 0 Å². The van der Waals surface area contributed by atoms with Crippen molar-refractivity contribution < 1.29 is 14.6 Å². The van der Waals surface area contributed by atoms with Gasteiger partial charge in [-0.2, -0.15) is 0 Å². The first-order chi connectivity index (χ1) is 16.3. The summed E-state index contributed by atoms with van der Waals surface area (Å²) in [6, 6.07) is 0. The highest BCUT2D eigenvalue weighted by Gasteiger charge is 2.11. The number of rotatable bonds is 24. The van der Waals surface area contributed by atoms with Gasteiger partial charge in [0.1, 0.15) is 0 Å². The van der Waals surface area contributed by atoms with Gasteiger partial charge in [0.2, 0.25) is 0 Å². The molecule has 202 valence electrons. The zero-order valence-corrected chi connectivity index (χ0v) is 23.7. The number of aliphatic hydroxyl groups excluding tert-OH is 1. The first-order valence-corrected chi connectivity index (χ1v) is 14.8. The minimum Gasteiger partial charge on any atom is -0.466 e. The number of hydrogen-bond acceptors (Lipinski definition) is 3. The zero-order chi connectivity index (χ0) is 25.4. The van der Waals surface area contributed by atoms with Crippen LogP contribution in [0.4, 0.5) is 0 Å². The van der Waals surface area contributed by atoms with Gasteiger partial charge in [-0.05, 0) is 57.8 Å². The van der Waals surface area contributed by atoms with Crippen LogP contribution in [-0.4, -0.2) is 23.8 Å². The molecular formula is C31H60O3. The highest BCUT2D eigenvalue weighted by Crippen LogP contribution is 2.19. The molecule has 0 bridgehead atoms. The van der Waals surface area contributed by atoms with E-state index in [-0.39, 0.29) is 12.1 Å². The van der Waals surface area contributed by atoms with Gasteiger partial charge in [-0.3, -0.25) is 4.79 Å². The van der Waals surface area contributed by atoms with Crippen LogP contribution < -0.4 is 0 Å². The van der Waals surface area contributed by atoms with Crippen LogP contribution in [-0.2, 0) is 9.53 Å². The first-order valence-electron chi connectivity index (χ1n) is 14.8. The molecule has 3 atom stereocenters. The van der Waals surface area contributed by atoms with Crippen molar-refractivity contribution in [2.45, 2.75) is 163 Å². The van der Waals surface area contributed by atoms with Gasteiger partial charge in [0, 0.05) is 6.42 Å². The zero-order valence-electron chi connectivity index (χ0n) is 23.7. The molecule has 0 aliphatic rings. The van der Waals surface area contributed by atoms with Crippen LogP contribution in [0.15, 0.2) is 11.6 Å². The molecule has 0 spiro atoms. The van der Waals surface area contributed by atoms with Crippen molar-refractivity contribution in [3.8, 4) is 0 Å². The van der Waals surface area contributed by atoms with Crippen molar-refractivity contribution in [1.29, 1.82) is 0 Å². The quantitative estimate of drug-likeness (QED) is 0.0849. The lowest BCUT2D eigenvalue weighted by Gasteiger charge is -2.14. The van der Waals surface area contributed by atoms with E-state index in [4.69, 9.17) is 4.74 Å². The third-order valence-corrected chi connectivity index (χ3v) is 6.96. The molecule has 0 radical (unpaired) electrons. The van der Waals surface area contributed by atoms with E-state index in [0.717, 1.165) is 44.4 Å². The summed E-state index contributed by atoms with van der Waals surface area (Å²) in [5, 5.41) is 10.1. The van der Waals surface area contributed by atoms with Crippen LogP contribution >= 0.6 is 0 Å². The number of unbranched alkanes of at least 4 members (excludes halogenated alkanes) is 9. The Balaban J connectivity index is 3.49. The van der Waals surface area contributed by atoms with Crippen molar-refractivity contribution in [2.24, 2.45) is 11.8 Å². The van der Waals surface area contributed by atoms with Crippen molar-refractivity contribution in [3.05, 3.63) is 11.6 Å². The van der Waals surface area contributed by atoms with E-state index in [1.807, 2.05) is 0 Å². The summed E-state index contributed by atoms with van der Waals surface area (Å²) in [5.41, 5.74) is 1.41. The summed E-state index contributed by atoms with van der Waals surface area (Å²) in [5.74, 6) is 1.16. The van der Waals surface area contributed by atoms with E-state index in [1.165, 1.54) is 82.6 Å². The smallest absolute Gasteiger partial charge is 0.306 e. The maximum absolute atomic E-state index is 12.1. The molecule has 0 aromatic carbocycles. The lowest BCUT2D eigenvalue weighted by molar-refractivity contribution is -0.144. The minimum absolute atomic E-state index is 0.0206. The topological polar surface area (TPSA) is 46.5 Å². The van der Waals surface area contributed by atoms with Gasteiger partial charge < -0.3 is 9.84 Å². The molecule has 3 heteroatoms. The van der Waals surface area contributed by atoms with Crippen LogP contribution in [0.25, 0.3) is 0 Å². The van der Waals surface area contributed by atoms with E-state index in [9.17, 15) is 9.90 Å². The predicted octanol–water partition coefficient (Wildman–Crippen LogP) is 9.56. The van der Waals surface area contributed by atoms with E-state index < -0.39 is 0 Å². The Labute approximate surface area is 213 Å². The Morgan fingerprint density at radius 1 is 0.735 bits per heavy atom. The van der Waals surface area contributed by atoms with Crippen LogP contribution in [0.1, 0.15) is 157 Å². The van der Waals surface area contributed by atoms with E-state index >= 15 is 0 Å². The molecule has 0 aliphatic heterocycles. The van der Waals surface area contributed by atoms with Gasteiger partial charge in [-0.15, -0.1) is 0 Å². The standard InChI is InChI=1S/C31H60O3/c1-6-7-8-11-14-23-30(32)24-15-12-9-10-13-16-25-34-31(33)26-29(5)22-18-21-28(4)20-17-19-27(2)3/h19,28-30,32H,6-18,20-26H2,1-5H3/t28-,29-,30-/m0/s1. The van der Waals surface area contributed by atoms with Gasteiger partial charge >= 0.3 is 5.97 Å². The van der Waals surface area contributed by atoms with Gasteiger partial charge in [-0.1, -0.05) is 116 Å². The summed E-state index contributed by atoms with van der Waals surface area (Å²) < 4.78 is 5.46. The Hall–Kier alpha value is -0.830. The molecule has 0 unspecified atom stereocenters. The maximum atomic E-state index is 12.1. The molecule has 0 saturated carbocycles. The number of esters is 1. The summed E-state index contributed by atoms with van der Waals surface area (Å²) in [4.78, 5) is 12.1. The van der Waals surface area contributed by atoms with E-state index in [0.29, 0.717) is 18.9 Å². The number of ether oxygens (including phenoxy) is 1. The Morgan fingerprint density at radius 2 is 1.29 bits per heavy atom. The molecule has 34 heavy (non-hydrogen) atoms. The fraction of sp³-hybridized carbons (Fsp3) is 0.903. The van der Waals surface area contributed by atoms with Crippen LogP contribution in [0.3, 0.4) is 0 Å². The Morgan fingerprint density at radius 3 is 1.91 bits per heavy atom. The average molecular weight is 481 g/mol. The fourth-order valence-electron chi connectivity index (χ4n) is 4.56. The number of allylic oxidation sites excluding steroid dienone is 2. The third-order valence-electron chi connectivity index (χ3n) is 6.96. The van der Waals surface area contributed by atoms with E-state index in [2.05, 4.69) is 40.7 Å². The molecule has 3 nitrogen and oxygen atoms in total. The largest absolute Gasteiger partial charge is 0.466 e. The number of carbonyl (C=O) groups is 1. The highest BCUT2D eigenvalue weighted by atomic mass is 16.5.